The molecule has 0 fully saturated rings. The number of unbranched alkanes of at least 4 members (excludes halogenated alkanes) is 8. The Morgan fingerprint density at radius 2 is 1.62 bits per heavy atom. The number of nitrogens with one attached hydrogen (secondary N) is 2. The number of rotatable bonds is 13. The summed E-state index contributed by atoms with van der Waals surface area (Å²) in [5.74, 6) is 0.514. The minimum Gasteiger partial charge on any atom is -0.494 e. The largest absolute Gasteiger partial charge is 0.494 e. The lowest BCUT2D eigenvalue weighted by Gasteiger charge is -2.02. The van der Waals surface area contributed by atoms with Crippen LogP contribution in [-0.4, -0.2) is 22.8 Å². The summed E-state index contributed by atoms with van der Waals surface area (Å²) >= 11 is 0. The first-order valence-corrected chi connectivity index (χ1v) is 12.7. The molecule has 1 aromatic carbocycles. The topological polar surface area (TPSA) is 53.2 Å². The number of aromatic amines is 2. The summed E-state index contributed by atoms with van der Waals surface area (Å²) in [6, 6.07) is 8.65. The lowest BCUT2D eigenvalue weighted by atomic mass is 10.1. The Morgan fingerprint density at radius 3 is 2.38 bits per heavy atom. The van der Waals surface area contributed by atoms with Crippen molar-refractivity contribution in [1.82, 2.24) is 9.97 Å². The van der Waals surface area contributed by atoms with Crippen LogP contribution in [0.5, 0.6) is 5.75 Å². The molecular formula is C29H36FN3O. The van der Waals surface area contributed by atoms with Gasteiger partial charge in [0.05, 0.1) is 29.9 Å². The van der Waals surface area contributed by atoms with E-state index >= 15 is 0 Å². The number of methoxy groups -OCH3 is 1. The zero-order chi connectivity index (χ0) is 23.8. The number of fused-ring (bicyclic) bond motifs is 1. The number of nitrogens with zero attached hydrogens (tertiary/aromatic N) is 1. The predicted octanol–water partition coefficient (Wildman–Crippen LogP) is 8.58. The highest BCUT2D eigenvalue weighted by molar-refractivity contribution is 5.99. The van der Waals surface area contributed by atoms with Crippen LogP contribution in [0.2, 0.25) is 0 Å². The van der Waals surface area contributed by atoms with Crippen molar-refractivity contribution in [3.05, 3.63) is 59.7 Å². The number of halogens is 1. The van der Waals surface area contributed by atoms with Crippen LogP contribution < -0.4 is 4.74 Å². The predicted molar refractivity (Wildman–Crippen MR) is 141 cm³/mol. The van der Waals surface area contributed by atoms with Gasteiger partial charge in [0, 0.05) is 22.7 Å². The number of aliphatic imine (C=N–C) groups is 1. The standard InChI is InChI=1S/C29H36FN3O/c1-3-4-5-6-7-8-9-10-11-12-23-14-15-24(31-23)19-28-29(34-2)20-27(33-28)26-18-21-17-22(30)13-16-25(21)32-26/h13-20,32-33H,3-12H2,1-2H3/b24-19+. The summed E-state index contributed by atoms with van der Waals surface area (Å²) in [5, 5.41) is 0.841. The van der Waals surface area contributed by atoms with Gasteiger partial charge in [-0.15, -0.1) is 0 Å². The zero-order valence-corrected chi connectivity index (χ0v) is 20.4. The van der Waals surface area contributed by atoms with E-state index in [4.69, 9.17) is 9.73 Å². The Bertz CT molecular complexity index is 1180. The molecule has 0 bridgehead atoms. The van der Waals surface area contributed by atoms with Gasteiger partial charge < -0.3 is 14.7 Å². The van der Waals surface area contributed by atoms with Crippen LogP contribution in [0, 0.1) is 5.82 Å². The van der Waals surface area contributed by atoms with E-state index in [1.807, 2.05) is 18.2 Å². The average Bonchev–Trinajstić information content (AvgIpc) is 3.56. The van der Waals surface area contributed by atoms with Crippen molar-refractivity contribution >= 4 is 22.7 Å². The Kier molecular flexibility index (Phi) is 8.40. The van der Waals surface area contributed by atoms with Crippen molar-refractivity contribution in [2.24, 2.45) is 4.99 Å². The molecule has 0 saturated carbocycles. The number of ether oxygens (including phenoxy) is 1. The molecule has 0 spiro atoms. The molecule has 0 atom stereocenters. The summed E-state index contributed by atoms with van der Waals surface area (Å²) in [5.41, 5.74) is 5.62. The fraction of sp³-hybridized carbons (Fsp3) is 0.414. The van der Waals surface area contributed by atoms with Crippen molar-refractivity contribution in [2.45, 2.75) is 71.1 Å². The van der Waals surface area contributed by atoms with E-state index in [2.05, 4.69) is 29.0 Å². The zero-order valence-electron chi connectivity index (χ0n) is 20.4. The summed E-state index contributed by atoms with van der Waals surface area (Å²) in [6.07, 6.45) is 19.3. The van der Waals surface area contributed by atoms with Crippen molar-refractivity contribution in [3.8, 4) is 17.1 Å². The van der Waals surface area contributed by atoms with Crippen LogP contribution >= 0.6 is 0 Å². The molecule has 2 N–H and O–H groups in total. The molecule has 0 unspecified atom stereocenters. The molecule has 0 amide bonds. The Morgan fingerprint density at radius 1 is 0.882 bits per heavy atom. The highest BCUT2D eigenvalue weighted by Crippen LogP contribution is 2.31. The molecule has 2 aromatic heterocycles. The van der Waals surface area contributed by atoms with Gasteiger partial charge >= 0.3 is 0 Å². The summed E-state index contributed by atoms with van der Waals surface area (Å²) in [7, 11) is 1.67. The molecule has 0 radical (unpaired) electrons. The maximum absolute atomic E-state index is 13.5. The van der Waals surface area contributed by atoms with E-state index in [1.165, 1.54) is 69.9 Å². The first kappa shape index (κ1) is 24.1. The molecule has 4 rings (SSSR count). The second kappa shape index (κ2) is 11.9. The fourth-order valence-corrected chi connectivity index (χ4v) is 4.53. The van der Waals surface area contributed by atoms with E-state index < -0.39 is 0 Å². The van der Waals surface area contributed by atoms with E-state index in [0.717, 1.165) is 51.6 Å². The first-order chi connectivity index (χ1) is 16.7. The average molecular weight is 462 g/mol. The summed E-state index contributed by atoms with van der Waals surface area (Å²) in [4.78, 5) is 11.6. The number of hydrogen-bond donors (Lipinski definition) is 2. The van der Waals surface area contributed by atoms with Gasteiger partial charge in [-0.3, -0.25) is 4.99 Å². The molecule has 34 heavy (non-hydrogen) atoms. The van der Waals surface area contributed by atoms with Gasteiger partial charge in [0.15, 0.2) is 0 Å². The van der Waals surface area contributed by atoms with E-state index in [1.54, 1.807) is 13.2 Å². The SMILES string of the molecule is CCCCCCCCCCCC1=N/C(=C/c2[nH]c(-c3cc4cc(F)ccc4[nH]3)cc2OC)C=C1. The number of H-pyrrole nitrogens is 2. The van der Waals surface area contributed by atoms with Crippen molar-refractivity contribution in [2.75, 3.05) is 7.11 Å². The van der Waals surface area contributed by atoms with E-state index in [9.17, 15) is 4.39 Å². The highest BCUT2D eigenvalue weighted by atomic mass is 19.1. The van der Waals surface area contributed by atoms with Gasteiger partial charge in [-0.25, -0.2) is 4.39 Å². The maximum atomic E-state index is 13.5. The van der Waals surface area contributed by atoms with Crippen LogP contribution in [0.3, 0.4) is 0 Å². The lowest BCUT2D eigenvalue weighted by Crippen LogP contribution is -1.90. The van der Waals surface area contributed by atoms with Gasteiger partial charge in [-0.05, 0) is 55.3 Å². The van der Waals surface area contributed by atoms with Crippen LogP contribution in [0.25, 0.3) is 28.4 Å². The molecule has 180 valence electrons. The Hall–Kier alpha value is -3.08. The minimum absolute atomic E-state index is 0.239. The van der Waals surface area contributed by atoms with Crippen LogP contribution in [-0.2, 0) is 0 Å². The third-order valence-corrected chi connectivity index (χ3v) is 6.45. The van der Waals surface area contributed by atoms with Crippen LogP contribution in [0.15, 0.2) is 53.2 Å². The van der Waals surface area contributed by atoms with E-state index in [0.29, 0.717) is 0 Å². The number of allylic oxidation sites excluding steroid dienone is 2. The normalized spacial score (nSPS) is 14.4. The molecule has 3 heterocycles. The van der Waals surface area contributed by atoms with Gasteiger partial charge in [-0.1, -0.05) is 58.3 Å². The number of benzene rings is 1. The highest BCUT2D eigenvalue weighted by Gasteiger charge is 2.13. The quantitative estimate of drug-likeness (QED) is 0.246. The second-order valence-corrected chi connectivity index (χ2v) is 9.16. The third kappa shape index (κ3) is 6.28. The van der Waals surface area contributed by atoms with Crippen LogP contribution in [0.1, 0.15) is 76.8 Å². The smallest absolute Gasteiger partial charge is 0.144 e. The molecule has 5 heteroatoms. The molecule has 3 aromatic rings. The monoisotopic (exact) mass is 461 g/mol. The van der Waals surface area contributed by atoms with Gasteiger partial charge in [0.25, 0.3) is 0 Å². The van der Waals surface area contributed by atoms with Gasteiger partial charge in [-0.2, -0.15) is 0 Å². The van der Waals surface area contributed by atoms with Gasteiger partial charge in [0.1, 0.15) is 11.6 Å². The molecule has 1 aliphatic heterocycles. The lowest BCUT2D eigenvalue weighted by molar-refractivity contribution is 0.414. The fourth-order valence-electron chi connectivity index (χ4n) is 4.53. The number of hydrogen-bond acceptors (Lipinski definition) is 2. The molecule has 0 saturated heterocycles. The van der Waals surface area contributed by atoms with E-state index in [-0.39, 0.29) is 5.82 Å². The summed E-state index contributed by atoms with van der Waals surface area (Å²) < 4.78 is 19.1. The Labute approximate surface area is 202 Å². The molecule has 0 aliphatic carbocycles. The molecular weight excluding hydrogens is 425 g/mol. The van der Waals surface area contributed by atoms with Crippen molar-refractivity contribution in [3.63, 3.8) is 0 Å². The maximum Gasteiger partial charge on any atom is 0.144 e. The summed E-state index contributed by atoms with van der Waals surface area (Å²) in [6.45, 7) is 2.27. The van der Waals surface area contributed by atoms with Gasteiger partial charge in [0.2, 0.25) is 0 Å². The molecule has 1 aliphatic rings. The third-order valence-electron chi connectivity index (χ3n) is 6.45. The molecule has 4 nitrogen and oxygen atoms in total. The van der Waals surface area contributed by atoms with Crippen molar-refractivity contribution in [1.29, 1.82) is 0 Å². The number of aromatic nitrogens is 2. The Balaban J connectivity index is 1.33. The van der Waals surface area contributed by atoms with Crippen molar-refractivity contribution < 1.29 is 9.13 Å². The van der Waals surface area contributed by atoms with Crippen LogP contribution in [0.4, 0.5) is 4.39 Å². The minimum atomic E-state index is -0.239. The first-order valence-electron chi connectivity index (χ1n) is 12.7. The second-order valence-electron chi connectivity index (χ2n) is 9.16.